The monoisotopic (exact) mass is 239 g/mol. The second kappa shape index (κ2) is 7.08. The Bertz CT molecular complexity index is 291. The van der Waals surface area contributed by atoms with Gasteiger partial charge < -0.3 is 5.32 Å². The number of nitrogens with one attached hydrogen (secondary N) is 1. The summed E-state index contributed by atoms with van der Waals surface area (Å²) in [7, 11) is 0. The van der Waals surface area contributed by atoms with E-state index in [2.05, 4.69) is 45.1 Å². The molecule has 1 nitrogen and oxygen atoms in total. The lowest BCUT2D eigenvalue weighted by atomic mass is 9.99. The van der Waals surface area contributed by atoms with E-state index in [9.17, 15) is 0 Å². The molecule has 0 saturated heterocycles. The Morgan fingerprint density at radius 3 is 2.56 bits per heavy atom. The van der Waals surface area contributed by atoms with Crippen LogP contribution in [0.5, 0.6) is 0 Å². The quantitative estimate of drug-likeness (QED) is 0.758. The van der Waals surface area contributed by atoms with Crippen LogP contribution >= 0.6 is 11.3 Å². The van der Waals surface area contributed by atoms with Crippen molar-refractivity contribution in [3.05, 3.63) is 21.9 Å². The van der Waals surface area contributed by atoms with Gasteiger partial charge in [0.25, 0.3) is 0 Å². The molecule has 1 N–H and O–H groups in total. The summed E-state index contributed by atoms with van der Waals surface area (Å²) in [4.78, 5) is 2.96. The summed E-state index contributed by atoms with van der Waals surface area (Å²) in [5.74, 6) is 0.729. The molecule has 1 rings (SSSR count). The number of thiophene rings is 1. The summed E-state index contributed by atoms with van der Waals surface area (Å²) in [6.45, 7) is 10.2. The zero-order valence-electron chi connectivity index (χ0n) is 11.0. The van der Waals surface area contributed by atoms with Gasteiger partial charge in [-0.2, -0.15) is 0 Å². The van der Waals surface area contributed by atoms with Gasteiger partial charge >= 0.3 is 0 Å². The smallest absolute Gasteiger partial charge is 0.00935 e. The molecule has 2 heteroatoms. The van der Waals surface area contributed by atoms with Crippen molar-refractivity contribution in [1.82, 2.24) is 5.32 Å². The molecule has 1 atom stereocenters. The molecular weight excluding hydrogens is 214 g/mol. The van der Waals surface area contributed by atoms with E-state index < -0.39 is 0 Å². The fourth-order valence-corrected chi connectivity index (χ4v) is 2.82. The second-order valence-electron chi connectivity index (χ2n) is 4.86. The normalized spacial score (nSPS) is 13.3. The standard InChI is InChI=1S/C14H25NS/c1-5-10-15-14(11(2)3)9-8-13-7-6-12(4)16-13/h6-7,11,14-15H,5,8-10H2,1-4H3. The van der Waals surface area contributed by atoms with Crippen LogP contribution in [-0.2, 0) is 6.42 Å². The fraction of sp³-hybridized carbons (Fsp3) is 0.714. The van der Waals surface area contributed by atoms with E-state index in [0.29, 0.717) is 6.04 Å². The van der Waals surface area contributed by atoms with Gasteiger partial charge in [-0.3, -0.25) is 0 Å². The Labute approximate surface area is 104 Å². The van der Waals surface area contributed by atoms with Crippen LogP contribution in [0.3, 0.4) is 0 Å². The summed E-state index contributed by atoms with van der Waals surface area (Å²) >= 11 is 1.94. The molecule has 0 aliphatic rings. The Morgan fingerprint density at radius 1 is 1.31 bits per heavy atom. The van der Waals surface area contributed by atoms with Gasteiger partial charge in [-0.1, -0.05) is 20.8 Å². The van der Waals surface area contributed by atoms with E-state index in [-0.39, 0.29) is 0 Å². The summed E-state index contributed by atoms with van der Waals surface area (Å²) in [6, 6.07) is 5.17. The van der Waals surface area contributed by atoms with Crippen molar-refractivity contribution in [3.8, 4) is 0 Å². The third-order valence-electron chi connectivity index (χ3n) is 2.96. The number of hydrogen-bond donors (Lipinski definition) is 1. The molecule has 92 valence electrons. The average molecular weight is 239 g/mol. The van der Waals surface area contributed by atoms with Crippen LogP contribution in [0, 0.1) is 12.8 Å². The van der Waals surface area contributed by atoms with E-state index >= 15 is 0 Å². The SMILES string of the molecule is CCCNC(CCc1ccc(C)s1)C(C)C. The van der Waals surface area contributed by atoms with Crippen LogP contribution in [0.2, 0.25) is 0 Å². The summed E-state index contributed by atoms with van der Waals surface area (Å²) in [6.07, 6.45) is 3.71. The predicted octanol–water partition coefficient (Wildman–Crippen LogP) is 4.01. The van der Waals surface area contributed by atoms with Gasteiger partial charge in [0, 0.05) is 15.8 Å². The fourth-order valence-electron chi connectivity index (χ4n) is 1.92. The van der Waals surface area contributed by atoms with Crippen LogP contribution in [0.25, 0.3) is 0 Å². The van der Waals surface area contributed by atoms with Crippen molar-refractivity contribution < 1.29 is 0 Å². The van der Waals surface area contributed by atoms with E-state index in [1.807, 2.05) is 11.3 Å². The summed E-state index contributed by atoms with van der Waals surface area (Å²) in [5, 5.41) is 3.65. The first-order valence-electron chi connectivity index (χ1n) is 6.42. The minimum Gasteiger partial charge on any atom is -0.314 e. The second-order valence-corrected chi connectivity index (χ2v) is 6.23. The highest BCUT2D eigenvalue weighted by Gasteiger charge is 2.12. The molecule has 0 radical (unpaired) electrons. The molecule has 0 aliphatic heterocycles. The highest BCUT2D eigenvalue weighted by atomic mass is 32.1. The molecule has 1 aromatic rings. The number of hydrogen-bond acceptors (Lipinski definition) is 2. The molecule has 0 fully saturated rings. The lowest BCUT2D eigenvalue weighted by Gasteiger charge is -2.21. The van der Waals surface area contributed by atoms with Gasteiger partial charge in [-0.25, -0.2) is 0 Å². The topological polar surface area (TPSA) is 12.0 Å². The molecule has 1 unspecified atom stereocenters. The number of aryl methyl sites for hydroxylation is 2. The zero-order chi connectivity index (χ0) is 12.0. The first-order chi connectivity index (χ1) is 7.63. The molecule has 0 aromatic carbocycles. The average Bonchev–Trinajstić information content (AvgIpc) is 2.64. The van der Waals surface area contributed by atoms with Crippen LogP contribution in [0.15, 0.2) is 12.1 Å². The number of rotatable bonds is 7. The first kappa shape index (κ1) is 13.7. The van der Waals surface area contributed by atoms with Crippen molar-refractivity contribution in [2.75, 3.05) is 6.54 Å². The van der Waals surface area contributed by atoms with Crippen molar-refractivity contribution >= 4 is 11.3 Å². The van der Waals surface area contributed by atoms with Gasteiger partial charge in [0.15, 0.2) is 0 Å². The highest BCUT2D eigenvalue weighted by Crippen LogP contribution is 2.18. The molecule has 0 amide bonds. The van der Waals surface area contributed by atoms with E-state index in [0.717, 1.165) is 12.5 Å². The van der Waals surface area contributed by atoms with Crippen molar-refractivity contribution in [2.45, 2.75) is 53.0 Å². The maximum atomic E-state index is 3.65. The molecule has 0 spiro atoms. The van der Waals surface area contributed by atoms with Crippen LogP contribution in [-0.4, -0.2) is 12.6 Å². The largest absolute Gasteiger partial charge is 0.314 e. The molecular formula is C14H25NS. The Balaban J connectivity index is 2.37. The van der Waals surface area contributed by atoms with E-state index in [1.54, 1.807) is 0 Å². The minimum absolute atomic E-state index is 0.669. The molecule has 0 aliphatic carbocycles. The molecule has 0 saturated carbocycles. The molecule has 16 heavy (non-hydrogen) atoms. The highest BCUT2D eigenvalue weighted by molar-refractivity contribution is 7.11. The van der Waals surface area contributed by atoms with E-state index in [4.69, 9.17) is 0 Å². The maximum Gasteiger partial charge on any atom is 0.00935 e. The van der Waals surface area contributed by atoms with Gasteiger partial charge in [-0.15, -0.1) is 11.3 Å². The van der Waals surface area contributed by atoms with Crippen LogP contribution in [0.1, 0.15) is 43.4 Å². The van der Waals surface area contributed by atoms with Gasteiger partial charge in [-0.05, 0) is 50.8 Å². The van der Waals surface area contributed by atoms with Crippen molar-refractivity contribution in [3.63, 3.8) is 0 Å². The summed E-state index contributed by atoms with van der Waals surface area (Å²) in [5.41, 5.74) is 0. The Hall–Kier alpha value is -0.340. The predicted molar refractivity (Wildman–Crippen MR) is 74.3 cm³/mol. The minimum atomic E-state index is 0.669. The van der Waals surface area contributed by atoms with E-state index in [1.165, 1.54) is 29.0 Å². The Morgan fingerprint density at radius 2 is 2.06 bits per heavy atom. The van der Waals surface area contributed by atoms with Crippen LogP contribution in [0.4, 0.5) is 0 Å². The molecule has 1 aromatic heterocycles. The lowest BCUT2D eigenvalue weighted by molar-refractivity contribution is 0.379. The maximum absolute atomic E-state index is 3.65. The van der Waals surface area contributed by atoms with Gasteiger partial charge in [0.2, 0.25) is 0 Å². The van der Waals surface area contributed by atoms with Crippen LogP contribution < -0.4 is 5.32 Å². The Kier molecular flexibility index (Phi) is 6.07. The van der Waals surface area contributed by atoms with Gasteiger partial charge in [0.05, 0.1) is 0 Å². The van der Waals surface area contributed by atoms with Crippen molar-refractivity contribution in [1.29, 1.82) is 0 Å². The summed E-state index contributed by atoms with van der Waals surface area (Å²) < 4.78 is 0. The molecule has 1 heterocycles. The third kappa shape index (κ3) is 4.67. The zero-order valence-corrected chi connectivity index (χ0v) is 11.9. The first-order valence-corrected chi connectivity index (χ1v) is 7.23. The lowest BCUT2D eigenvalue weighted by Crippen LogP contribution is -2.34. The van der Waals surface area contributed by atoms with Crippen molar-refractivity contribution in [2.24, 2.45) is 5.92 Å². The third-order valence-corrected chi connectivity index (χ3v) is 4.02. The molecule has 0 bridgehead atoms. The van der Waals surface area contributed by atoms with Gasteiger partial charge in [0.1, 0.15) is 0 Å².